The first kappa shape index (κ1) is 16.2. The van der Waals surface area contributed by atoms with Crippen LogP contribution in [0.4, 0.5) is 0 Å². The number of hydrogen-bond acceptors (Lipinski definition) is 2. The lowest BCUT2D eigenvalue weighted by Crippen LogP contribution is -2.59. The van der Waals surface area contributed by atoms with Crippen LogP contribution < -0.4 is 0 Å². The molecular formula is C20H29NO3. The van der Waals surface area contributed by atoms with Crippen molar-refractivity contribution in [2.24, 2.45) is 34.5 Å². The molecule has 3 unspecified atom stereocenters. The van der Waals surface area contributed by atoms with E-state index in [9.17, 15) is 14.7 Å². The quantitative estimate of drug-likeness (QED) is 0.802. The zero-order valence-electron chi connectivity index (χ0n) is 15.0. The predicted molar refractivity (Wildman–Crippen MR) is 91.2 cm³/mol. The second kappa shape index (κ2) is 5.09. The maximum absolute atomic E-state index is 12.1. The van der Waals surface area contributed by atoms with Gasteiger partial charge in [-0.3, -0.25) is 9.59 Å². The van der Waals surface area contributed by atoms with E-state index in [1.54, 1.807) is 6.08 Å². The molecule has 3 fully saturated rings. The Labute approximate surface area is 144 Å². The Hall–Kier alpha value is -1.32. The molecule has 3 saturated carbocycles. The number of carboxylic acid groups (broad SMARTS) is 1. The summed E-state index contributed by atoms with van der Waals surface area (Å²) in [6, 6.07) is 0.303. The molecule has 0 aromatic heterocycles. The van der Waals surface area contributed by atoms with Crippen molar-refractivity contribution in [2.45, 2.75) is 58.4 Å². The van der Waals surface area contributed by atoms with Crippen molar-refractivity contribution in [3.05, 3.63) is 12.2 Å². The number of carboxylic acids is 1. The van der Waals surface area contributed by atoms with E-state index >= 15 is 0 Å². The molecule has 4 aliphatic rings. The predicted octanol–water partition coefficient (Wildman–Crippen LogP) is 3.33. The van der Waals surface area contributed by atoms with E-state index in [0.29, 0.717) is 23.8 Å². The van der Waals surface area contributed by atoms with Crippen LogP contribution in [0.5, 0.6) is 0 Å². The number of fused-ring (bicyclic) bond motifs is 5. The highest BCUT2D eigenvalue weighted by Gasteiger charge is 2.61. The van der Waals surface area contributed by atoms with E-state index in [0.717, 1.165) is 38.5 Å². The van der Waals surface area contributed by atoms with E-state index in [2.05, 4.69) is 19.9 Å². The molecule has 1 amide bonds. The fourth-order valence-electron chi connectivity index (χ4n) is 7.14. The van der Waals surface area contributed by atoms with Gasteiger partial charge < -0.3 is 10.0 Å². The van der Waals surface area contributed by atoms with Gasteiger partial charge in [0, 0.05) is 18.5 Å². The SMILES string of the molecule is CN1C(=O)C=C[C@]2(C)C3CC[C@]4(C)[C@@H](C(=O)O)CC[C@H]4C3CCC12. The Kier molecular flexibility index (Phi) is 3.43. The molecule has 0 saturated heterocycles. The van der Waals surface area contributed by atoms with Crippen LogP contribution in [0.3, 0.4) is 0 Å². The highest BCUT2D eigenvalue weighted by atomic mass is 16.4. The van der Waals surface area contributed by atoms with Crippen LogP contribution in [0.25, 0.3) is 0 Å². The zero-order valence-corrected chi connectivity index (χ0v) is 15.0. The number of rotatable bonds is 1. The third-order valence-electron chi connectivity index (χ3n) is 8.43. The molecule has 1 aliphatic heterocycles. The highest BCUT2D eigenvalue weighted by molar-refractivity contribution is 5.89. The number of amides is 1. The summed E-state index contributed by atoms with van der Waals surface area (Å²) in [6.45, 7) is 4.57. The minimum Gasteiger partial charge on any atom is -0.481 e. The molecule has 4 nitrogen and oxygen atoms in total. The number of aliphatic carboxylic acids is 1. The number of carbonyl (C=O) groups is 2. The van der Waals surface area contributed by atoms with Gasteiger partial charge in [-0.05, 0) is 67.8 Å². The van der Waals surface area contributed by atoms with Crippen LogP contribution in [0.15, 0.2) is 12.2 Å². The molecule has 3 aliphatic carbocycles. The monoisotopic (exact) mass is 331 g/mol. The van der Waals surface area contributed by atoms with E-state index in [1.807, 2.05) is 11.9 Å². The molecular weight excluding hydrogens is 302 g/mol. The van der Waals surface area contributed by atoms with Crippen molar-refractivity contribution < 1.29 is 14.7 Å². The van der Waals surface area contributed by atoms with Crippen LogP contribution in [0.1, 0.15) is 52.4 Å². The van der Waals surface area contributed by atoms with Crippen molar-refractivity contribution in [1.82, 2.24) is 4.90 Å². The van der Waals surface area contributed by atoms with E-state index < -0.39 is 5.97 Å². The first-order valence-electron chi connectivity index (χ1n) is 9.48. The van der Waals surface area contributed by atoms with Gasteiger partial charge in [0.25, 0.3) is 0 Å². The fraction of sp³-hybridized carbons (Fsp3) is 0.800. The molecule has 24 heavy (non-hydrogen) atoms. The number of nitrogens with zero attached hydrogens (tertiary/aromatic N) is 1. The van der Waals surface area contributed by atoms with Gasteiger partial charge >= 0.3 is 5.97 Å². The molecule has 1 N–H and O–H groups in total. The zero-order chi connectivity index (χ0) is 17.3. The second-order valence-corrected chi connectivity index (χ2v) is 9.13. The second-order valence-electron chi connectivity index (χ2n) is 9.13. The van der Waals surface area contributed by atoms with Gasteiger partial charge in [0.1, 0.15) is 0 Å². The molecule has 4 heteroatoms. The first-order chi connectivity index (χ1) is 11.3. The lowest BCUT2D eigenvalue weighted by molar-refractivity contribution is -0.152. The molecule has 0 aromatic carbocycles. The smallest absolute Gasteiger partial charge is 0.307 e. The standard InChI is InChI=1S/C20H29NO3/c1-19-10-8-14-12(13(19)5-6-15(19)18(23)24)4-7-16-20(14,2)11-9-17(22)21(16)3/h9,11-16H,4-8,10H2,1-3H3,(H,23,24)/t12?,13-,14?,15+,16?,19-,20+/m0/s1. The summed E-state index contributed by atoms with van der Waals surface area (Å²) in [5.74, 6) is 1.09. The molecule has 1 heterocycles. The van der Waals surface area contributed by atoms with Gasteiger partial charge in [0.05, 0.1) is 5.92 Å². The fourth-order valence-corrected chi connectivity index (χ4v) is 7.14. The third kappa shape index (κ3) is 1.91. The Morgan fingerprint density at radius 2 is 1.92 bits per heavy atom. The van der Waals surface area contributed by atoms with Gasteiger partial charge in [-0.15, -0.1) is 0 Å². The first-order valence-corrected chi connectivity index (χ1v) is 9.48. The Balaban J connectivity index is 1.68. The molecule has 0 aromatic rings. The molecule has 132 valence electrons. The van der Waals surface area contributed by atoms with E-state index in [-0.39, 0.29) is 22.7 Å². The average molecular weight is 331 g/mol. The average Bonchev–Trinajstić information content (AvgIpc) is 2.89. The summed E-state index contributed by atoms with van der Waals surface area (Å²) in [5, 5.41) is 9.66. The summed E-state index contributed by atoms with van der Waals surface area (Å²) in [4.78, 5) is 25.8. The molecule has 7 atom stereocenters. The normalized spacial score (nSPS) is 50.2. The van der Waals surface area contributed by atoms with Gasteiger partial charge in [-0.2, -0.15) is 0 Å². The summed E-state index contributed by atoms with van der Waals surface area (Å²) < 4.78 is 0. The summed E-state index contributed by atoms with van der Waals surface area (Å²) in [5.41, 5.74) is 0.0184. The third-order valence-corrected chi connectivity index (χ3v) is 8.43. The molecule has 4 rings (SSSR count). The minimum absolute atomic E-state index is 0.0314. The molecule has 0 bridgehead atoms. The summed E-state index contributed by atoms with van der Waals surface area (Å²) >= 11 is 0. The van der Waals surface area contributed by atoms with Crippen molar-refractivity contribution in [3.63, 3.8) is 0 Å². The lowest BCUT2D eigenvalue weighted by atomic mass is 9.47. The minimum atomic E-state index is -0.596. The Morgan fingerprint density at radius 1 is 1.17 bits per heavy atom. The van der Waals surface area contributed by atoms with Crippen LogP contribution in [-0.2, 0) is 9.59 Å². The largest absolute Gasteiger partial charge is 0.481 e. The van der Waals surface area contributed by atoms with E-state index in [1.165, 1.54) is 0 Å². The van der Waals surface area contributed by atoms with Crippen LogP contribution in [-0.4, -0.2) is 35.0 Å². The van der Waals surface area contributed by atoms with E-state index in [4.69, 9.17) is 0 Å². The van der Waals surface area contributed by atoms with Crippen molar-refractivity contribution in [1.29, 1.82) is 0 Å². The van der Waals surface area contributed by atoms with Gasteiger partial charge in [-0.1, -0.05) is 19.9 Å². The Morgan fingerprint density at radius 3 is 2.62 bits per heavy atom. The van der Waals surface area contributed by atoms with Crippen LogP contribution >= 0.6 is 0 Å². The van der Waals surface area contributed by atoms with Gasteiger partial charge in [0.2, 0.25) is 5.91 Å². The lowest BCUT2D eigenvalue weighted by Gasteiger charge is -2.60. The molecule has 0 radical (unpaired) electrons. The van der Waals surface area contributed by atoms with Crippen LogP contribution in [0.2, 0.25) is 0 Å². The van der Waals surface area contributed by atoms with Crippen molar-refractivity contribution in [2.75, 3.05) is 7.05 Å². The number of likely N-dealkylation sites (N-methyl/N-ethyl adjacent to an activating group) is 1. The molecule has 0 spiro atoms. The summed E-state index contributed by atoms with van der Waals surface area (Å²) in [7, 11) is 1.94. The highest BCUT2D eigenvalue weighted by Crippen LogP contribution is 2.65. The number of hydrogen-bond donors (Lipinski definition) is 1. The number of carbonyl (C=O) groups excluding carboxylic acids is 1. The topological polar surface area (TPSA) is 57.6 Å². The van der Waals surface area contributed by atoms with Crippen molar-refractivity contribution in [3.8, 4) is 0 Å². The maximum atomic E-state index is 12.1. The van der Waals surface area contributed by atoms with Crippen LogP contribution in [0, 0.1) is 34.5 Å². The Bertz CT molecular complexity index is 614. The maximum Gasteiger partial charge on any atom is 0.307 e. The van der Waals surface area contributed by atoms with Crippen molar-refractivity contribution >= 4 is 11.9 Å². The van der Waals surface area contributed by atoms with Gasteiger partial charge in [-0.25, -0.2) is 0 Å². The van der Waals surface area contributed by atoms with Gasteiger partial charge in [0.15, 0.2) is 0 Å². The summed E-state index contributed by atoms with van der Waals surface area (Å²) in [6.07, 6.45) is 10.2.